The topological polar surface area (TPSA) is 96.2 Å². The monoisotopic (exact) mass is 412 g/mol. The number of hydrogen-bond acceptors (Lipinski definition) is 7. The van der Waals surface area contributed by atoms with Gasteiger partial charge in [0, 0.05) is 52.0 Å². The minimum Gasteiger partial charge on any atom is -0.452 e. The predicted molar refractivity (Wildman–Crippen MR) is 113 cm³/mol. The molecule has 0 radical (unpaired) electrons. The molecule has 0 spiro atoms. The van der Waals surface area contributed by atoms with Gasteiger partial charge in [0.15, 0.2) is 6.61 Å². The lowest BCUT2D eigenvalue weighted by molar-refractivity contribution is -0.384. The molecule has 3 rings (SSSR count). The third-order valence-electron chi connectivity index (χ3n) is 4.97. The molecule has 30 heavy (non-hydrogen) atoms. The summed E-state index contributed by atoms with van der Waals surface area (Å²) in [4.78, 5) is 40.9. The number of ether oxygens (including phenoxy) is 1. The summed E-state index contributed by atoms with van der Waals surface area (Å²) >= 11 is 0. The van der Waals surface area contributed by atoms with Crippen molar-refractivity contribution in [2.24, 2.45) is 0 Å². The summed E-state index contributed by atoms with van der Waals surface area (Å²) in [5.74, 6) is -1.05. The third kappa shape index (κ3) is 4.86. The highest BCUT2D eigenvalue weighted by atomic mass is 16.6. The minimum absolute atomic E-state index is 0.0361. The molecule has 0 bridgehead atoms. The second kappa shape index (κ2) is 9.25. The molecule has 0 aromatic heterocycles. The molecule has 0 saturated carbocycles. The molecule has 0 unspecified atom stereocenters. The van der Waals surface area contributed by atoms with E-state index in [4.69, 9.17) is 4.74 Å². The number of hydrogen-bond donors (Lipinski definition) is 0. The van der Waals surface area contributed by atoms with Gasteiger partial charge in [0.1, 0.15) is 5.69 Å². The molecule has 1 aliphatic rings. The lowest BCUT2D eigenvalue weighted by Gasteiger charge is -2.36. The Morgan fingerprint density at radius 2 is 1.73 bits per heavy atom. The Kier molecular flexibility index (Phi) is 6.51. The van der Waals surface area contributed by atoms with Crippen LogP contribution in [-0.4, -0.2) is 68.6 Å². The maximum Gasteiger partial charge on any atom is 0.338 e. The van der Waals surface area contributed by atoms with Crippen molar-refractivity contribution < 1.29 is 19.2 Å². The van der Waals surface area contributed by atoms with E-state index in [2.05, 4.69) is 4.90 Å². The number of nitro benzene ring substituents is 1. The van der Waals surface area contributed by atoms with E-state index in [1.165, 1.54) is 18.2 Å². The van der Waals surface area contributed by atoms with Crippen LogP contribution in [0.4, 0.5) is 17.1 Å². The molecular weight excluding hydrogens is 388 g/mol. The van der Waals surface area contributed by atoms with Crippen LogP contribution in [0, 0.1) is 10.1 Å². The van der Waals surface area contributed by atoms with Gasteiger partial charge in [-0.25, -0.2) is 4.79 Å². The molecule has 0 N–H and O–H groups in total. The molecule has 2 aromatic rings. The van der Waals surface area contributed by atoms with E-state index in [-0.39, 0.29) is 17.2 Å². The zero-order chi connectivity index (χ0) is 21.7. The zero-order valence-corrected chi connectivity index (χ0v) is 17.0. The second-order valence-corrected chi connectivity index (χ2v) is 7.13. The summed E-state index contributed by atoms with van der Waals surface area (Å²) in [6, 6.07) is 14.1. The quantitative estimate of drug-likeness (QED) is 0.407. The number of piperazine rings is 1. The Balaban J connectivity index is 1.54. The van der Waals surface area contributed by atoms with Gasteiger partial charge in [-0.05, 0) is 24.3 Å². The average molecular weight is 412 g/mol. The maximum absolute atomic E-state index is 12.4. The van der Waals surface area contributed by atoms with Crippen molar-refractivity contribution >= 4 is 28.9 Å². The number of nitrogens with zero attached hydrogens (tertiary/aromatic N) is 4. The largest absolute Gasteiger partial charge is 0.452 e. The van der Waals surface area contributed by atoms with Gasteiger partial charge in [0.05, 0.1) is 10.5 Å². The van der Waals surface area contributed by atoms with Gasteiger partial charge < -0.3 is 19.4 Å². The summed E-state index contributed by atoms with van der Waals surface area (Å²) in [7, 11) is 3.35. The van der Waals surface area contributed by atoms with Crippen LogP contribution in [0.15, 0.2) is 48.5 Å². The van der Waals surface area contributed by atoms with E-state index in [0.29, 0.717) is 31.9 Å². The normalized spacial score (nSPS) is 13.7. The number of amides is 1. The number of esters is 1. The Morgan fingerprint density at radius 3 is 2.33 bits per heavy atom. The van der Waals surface area contributed by atoms with E-state index >= 15 is 0 Å². The van der Waals surface area contributed by atoms with Gasteiger partial charge >= 0.3 is 5.97 Å². The van der Waals surface area contributed by atoms with Crippen molar-refractivity contribution in [1.82, 2.24) is 4.90 Å². The van der Waals surface area contributed by atoms with Crippen LogP contribution in [0.1, 0.15) is 10.4 Å². The SMILES string of the molecule is CN(C)c1ccc(C(=O)OCC(=O)N2CCN(c3ccccc3)CC2)cc1[N+](=O)[O-]. The highest BCUT2D eigenvalue weighted by Crippen LogP contribution is 2.28. The Hall–Kier alpha value is -3.62. The number of carbonyl (C=O) groups excluding carboxylic acids is 2. The molecule has 0 aliphatic carbocycles. The Labute approximate surface area is 174 Å². The Bertz CT molecular complexity index is 924. The van der Waals surface area contributed by atoms with Crippen molar-refractivity contribution in [3.63, 3.8) is 0 Å². The number of rotatable bonds is 6. The first-order valence-corrected chi connectivity index (χ1v) is 9.57. The van der Waals surface area contributed by atoms with E-state index < -0.39 is 17.5 Å². The van der Waals surface area contributed by atoms with E-state index in [0.717, 1.165) is 5.69 Å². The van der Waals surface area contributed by atoms with E-state index in [1.807, 2.05) is 30.3 Å². The van der Waals surface area contributed by atoms with E-state index in [9.17, 15) is 19.7 Å². The molecule has 9 heteroatoms. The molecule has 1 fully saturated rings. The number of nitro groups is 1. The fraction of sp³-hybridized carbons (Fsp3) is 0.333. The van der Waals surface area contributed by atoms with Gasteiger partial charge in [0.25, 0.3) is 11.6 Å². The van der Waals surface area contributed by atoms with Crippen molar-refractivity contribution in [3.8, 4) is 0 Å². The van der Waals surface area contributed by atoms with Crippen LogP contribution in [0.25, 0.3) is 0 Å². The zero-order valence-electron chi connectivity index (χ0n) is 17.0. The summed E-state index contributed by atoms with van der Waals surface area (Å²) in [5, 5.41) is 11.3. The highest BCUT2D eigenvalue weighted by molar-refractivity contribution is 5.93. The second-order valence-electron chi connectivity index (χ2n) is 7.13. The highest BCUT2D eigenvalue weighted by Gasteiger charge is 2.24. The fourth-order valence-corrected chi connectivity index (χ4v) is 3.33. The first-order chi connectivity index (χ1) is 14.4. The molecule has 0 atom stereocenters. The molecule has 9 nitrogen and oxygen atoms in total. The number of para-hydroxylation sites is 1. The molecule has 2 aromatic carbocycles. The fourth-order valence-electron chi connectivity index (χ4n) is 3.33. The van der Waals surface area contributed by atoms with Gasteiger partial charge in [-0.2, -0.15) is 0 Å². The lowest BCUT2D eigenvalue weighted by Crippen LogP contribution is -2.49. The molecular formula is C21H24N4O5. The van der Waals surface area contributed by atoms with Crippen LogP contribution < -0.4 is 9.80 Å². The van der Waals surface area contributed by atoms with Crippen LogP contribution in [-0.2, 0) is 9.53 Å². The molecule has 1 amide bonds. The summed E-state index contributed by atoms with van der Waals surface area (Å²) in [6.07, 6.45) is 0. The van der Waals surface area contributed by atoms with Gasteiger partial charge in [0.2, 0.25) is 0 Å². The average Bonchev–Trinajstić information content (AvgIpc) is 2.77. The third-order valence-corrected chi connectivity index (χ3v) is 4.97. The van der Waals surface area contributed by atoms with Crippen molar-refractivity contribution in [1.29, 1.82) is 0 Å². The van der Waals surface area contributed by atoms with Crippen molar-refractivity contribution in [2.45, 2.75) is 0 Å². The van der Waals surface area contributed by atoms with Crippen LogP contribution in [0.5, 0.6) is 0 Å². The van der Waals surface area contributed by atoms with Crippen molar-refractivity contribution in [3.05, 3.63) is 64.2 Å². The van der Waals surface area contributed by atoms with Gasteiger partial charge in [-0.3, -0.25) is 14.9 Å². The van der Waals surface area contributed by atoms with Crippen LogP contribution in [0.2, 0.25) is 0 Å². The smallest absolute Gasteiger partial charge is 0.338 e. The summed E-state index contributed by atoms with van der Waals surface area (Å²) in [5.41, 5.74) is 1.33. The first-order valence-electron chi connectivity index (χ1n) is 9.57. The molecule has 158 valence electrons. The van der Waals surface area contributed by atoms with Crippen molar-refractivity contribution in [2.75, 3.05) is 56.7 Å². The standard InChI is InChI=1S/C21H24N4O5/c1-22(2)18-9-8-16(14-19(18)25(28)29)21(27)30-15-20(26)24-12-10-23(11-13-24)17-6-4-3-5-7-17/h3-9,14H,10-13,15H2,1-2H3. The predicted octanol–water partition coefficient (Wildman–Crippen LogP) is 2.17. The summed E-state index contributed by atoms with van der Waals surface area (Å²) < 4.78 is 5.11. The van der Waals surface area contributed by atoms with Crippen LogP contribution >= 0.6 is 0 Å². The maximum atomic E-state index is 12.4. The lowest BCUT2D eigenvalue weighted by atomic mass is 10.1. The summed E-state index contributed by atoms with van der Waals surface area (Å²) in [6.45, 7) is 2.07. The molecule has 1 saturated heterocycles. The number of carbonyl (C=O) groups is 2. The minimum atomic E-state index is -0.764. The van der Waals surface area contributed by atoms with Crippen LogP contribution in [0.3, 0.4) is 0 Å². The van der Waals surface area contributed by atoms with Gasteiger partial charge in [-0.1, -0.05) is 18.2 Å². The number of benzene rings is 2. The van der Waals surface area contributed by atoms with E-state index in [1.54, 1.807) is 23.9 Å². The first kappa shape index (κ1) is 21.1. The molecule has 1 aliphatic heterocycles. The Morgan fingerprint density at radius 1 is 1.07 bits per heavy atom. The number of anilines is 2. The molecule has 1 heterocycles. The van der Waals surface area contributed by atoms with Gasteiger partial charge in [-0.15, -0.1) is 0 Å².